The number of alkyl carbamates (subject to hydrolysis) is 1. The molecule has 7 rings (SSSR count). The molecular formula is C42H50N8O8. The lowest BCUT2D eigenvalue weighted by Crippen LogP contribution is -2.54. The highest BCUT2D eigenvalue weighted by molar-refractivity contribution is 5.88. The Morgan fingerprint density at radius 1 is 0.741 bits per heavy atom. The number of imidazole rings is 2. The molecule has 306 valence electrons. The van der Waals surface area contributed by atoms with Crippen molar-refractivity contribution in [3.8, 4) is 22.3 Å². The number of carbonyl (C=O) groups excluding carboxylic acids is 3. The van der Waals surface area contributed by atoms with E-state index in [4.69, 9.17) is 29.1 Å². The molecule has 0 spiro atoms. The first-order valence-electron chi connectivity index (χ1n) is 19.5. The lowest BCUT2D eigenvalue weighted by atomic mass is 10.00. The predicted molar refractivity (Wildman–Crippen MR) is 217 cm³/mol. The third-order valence-corrected chi connectivity index (χ3v) is 11.3. The number of methoxy groups -OCH3 is 3. The molecule has 0 bridgehead atoms. The molecule has 2 saturated heterocycles. The van der Waals surface area contributed by atoms with E-state index < -0.39 is 30.4 Å². The number of benzene rings is 3. The average Bonchev–Trinajstić information content (AvgIpc) is 4.08. The van der Waals surface area contributed by atoms with Gasteiger partial charge in [0.1, 0.15) is 17.7 Å². The third-order valence-electron chi connectivity index (χ3n) is 11.3. The lowest BCUT2D eigenvalue weighted by Gasteiger charge is -2.30. The highest BCUT2D eigenvalue weighted by atomic mass is 17.2. The van der Waals surface area contributed by atoms with Crippen molar-refractivity contribution in [3.63, 3.8) is 0 Å². The predicted octanol–water partition coefficient (Wildman–Crippen LogP) is 5.87. The second-order valence-corrected chi connectivity index (χ2v) is 14.6. The summed E-state index contributed by atoms with van der Waals surface area (Å²) in [5.41, 5.74) is 7.52. The SMILES string of the molecule is COOC=N[C@H](C(=O)N1CCC[C@H]1c1nc2ccc(-c3ccc(-c4ccc5nc([C@@H]6CCCN6C(=O)[C@@H](NC(=O)OC)[C@@H](C)OC)[nH]c5c4)cc3)cc2[nH]1)[C@@H](C)OC. The minimum Gasteiger partial charge on any atom is -0.453 e. The average molecular weight is 795 g/mol. The number of hydrogen-bond acceptors (Lipinski definition) is 11. The summed E-state index contributed by atoms with van der Waals surface area (Å²) >= 11 is 0. The fraction of sp³-hybridized carbons (Fsp3) is 0.429. The van der Waals surface area contributed by atoms with Gasteiger partial charge < -0.3 is 44.2 Å². The number of nitrogens with one attached hydrogen (secondary N) is 3. The molecular weight excluding hydrogens is 745 g/mol. The Morgan fingerprint density at radius 3 is 1.72 bits per heavy atom. The van der Waals surface area contributed by atoms with Crippen LogP contribution in [0.25, 0.3) is 44.3 Å². The molecule has 4 heterocycles. The Labute approximate surface area is 336 Å². The monoisotopic (exact) mass is 794 g/mol. The fourth-order valence-electron chi connectivity index (χ4n) is 7.92. The zero-order valence-corrected chi connectivity index (χ0v) is 33.6. The van der Waals surface area contributed by atoms with Crippen LogP contribution in [0, 0.1) is 0 Å². The lowest BCUT2D eigenvalue weighted by molar-refractivity contribution is -0.188. The summed E-state index contributed by atoms with van der Waals surface area (Å²) in [6, 6.07) is 18.5. The third kappa shape index (κ3) is 8.26. The van der Waals surface area contributed by atoms with Gasteiger partial charge in [0, 0.05) is 27.3 Å². The number of carbonyl (C=O) groups is 3. The van der Waals surface area contributed by atoms with Crippen LogP contribution in [0.3, 0.4) is 0 Å². The van der Waals surface area contributed by atoms with Crippen molar-refractivity contribution in [1.29, 1.82) is 0 Å². The smallest absolute Gasteiger partial charge is 0.407 e. The molecule has 58 heavy (non-hydrogen) atoms. The summed E-state index contributed by atoms with van der Waals surface area (Å²) in [4.78, 5) is 73.5. The standard InChI is InChI=1S/C42H50N8O8/c1-24(54-3)36(43-23-58-57-6)40(51)49-19-7-9-34(49)38-44-30-17-15-28(21-32(30)46-38)26-11-13-27(14-12-26)29-16-18-31-33(22-29)47-39(45-31)35-10-8-20-50(35)41(52)37(25(2)55-4)48-42(53)56-5/h11-18,21-25,34-37H,7-10,19-20H2,1-6H3,(H,44,46)(H,45,47)(H,48,53)/t24-,25-,34+,35+,36+,37+/m1/s1. The van der Waals surface area contributed by atoms with Gasteiger partial charge in [-0.1, -0.05) is 36.4 Å². The molecule has 3 aromatic carbocycles. The number of rotatable bonds is 14. The highest BCUT2D eigenvalue weighted by Crippen LogP contribution is 2.36. The first kappa shape index (κ1) is 40.4. The maximum atomic E-state index is 13.7. The molecule has 3 N–H and O–H groups in total. The number of aliphatic imine (C=N–C) groups is 1. The number of ether oxygens (including phenoxy) is 3. The molecule has 2 aromatic heterocycles. The normalized spacial score (nSPS) is 19.1. The van der Waals surface area contributed by atoms with Crippen molar-refractivity contribution in [2.45, 2.75) is 75.9 Å². The molecule has 6 atom stereocenters. The van der Waals surface area contributed by atoms with E-state index in [1.807, 2.05) is 23.1 Å². The van der Waals surface area contributed by atoms with Gasteiger partial charge in [0.2, 0.25) is 12.3 Å². The molecule has 2 fully saturated rings. The fourth-order valence-corrected chi connectivity index (χ4v) is 7.92. The highest BCUT2D eigenvalue weighted by Gasteiger charge is 2.40. The molecule has 0 radical (unpaired) electrons. The number of amides is 3. The van der Waals surface area contributed by atoms with Crippen LogP contribution >= 0.6 is 0 Å². The van der Waals surface area contributed by atoms with Crippen molar-refractivity contribution in [2.75, 3.05) is 41.5 Å². The Kier molecular flexibility index (Phi) is 12.4. The van der Waals surface area contributed by atoms with Crippen LogP contribution in [-0.4, -0.2) is 120 Å². The number of fused-ring (bicyclic) bond motifs is 2. The van der Waals surface area contributed by atoms with E-state index in [0.29, 0.717) is 18.9 Å². The number of aromatic amines is 2. The van der Waals surface area contributed by atoms with Gasteiger partial charge in [-0.25, -0.2) is 19.8 Å². The van der Waals surface area contributed by atoms with Crippen molar-refractivity contribution in [1.82, 2.24) is 35.1 Å². The summed E-state index contributed by atoms with van der Waals surface area (Å²) in [6.45, 7) is 4.67. The van der Waals surface area contributed by atoms with Crippen LogP contribution in [0.4, 0.5) is 4.79 Å². The largest absolute Gasteiger partial charge is 0.453 e. The second kappa shape index (κ2) is 17.7. The van der Waals surface area contributed by atoms with Crippen molar-refractivity contribution in [3.05, 3.63) is 72.3 Å². The van der Waals surface area contributed by atoms with E-state index in [-0.39, 0.29) is 23.9 Å². The zero-order chi connectivity index (χ0) is 40.9. The Bertz CT molecular complexity index is 2270. The molecule has 2 aliphatic heterocycles. The Morgan fingerprint density at radius 2 is 1.24 bits per heavy atom. The number of likely N-dealkylation sites (tertiary alicyclic amines) is 2. The Balaban J connectivity index is 1.06. The molecule has 16 heteroatoms. The summed E-state index contributed by atoms with van der Waals surface area (Å²) in [6.07, 6.45) is 2.59. The summed E-state index contributed by atoms with van der Waals surface area (Å²) in [5.74, 6) is 1.03. The number of nitrogens with zero attached hydrogens (tertiary/aromatic N) is 5. The molecule has 0 saturated carbocycles. The minimum atomic E-state index is -0.899. The molecule has 3 amide bonds. The van der Waals surface area contributed by atoms with Crippen LogP contribution in [0.1, 0.15) is 63.3 Å². The van der Waals surface area contributed by atoms with E-state index in [1.165, 1.54) is 21.3 Å². The number of aromatic nitrogens is 4. The van der Waals surface area contributed by atoms with Gasteiger partial charge in [-0.2, -0.15) is 4.89 Å². The van der Waals surface area contributed by atoms with Crippen molar-refractivity contribution < 1.29 is 38.4 Å². The molecule has 2 aliphatic rings. The zero-order valence-electron chi connectivity index (χ0n) is 33.6. The van der Waals surface area contributed by atoms with Gasteiger partial charge in [-0.3, -0.25) is 9.59 Å². The van der Waals surface area contributed by atoms with E-state index in [1.54, 1.807) is 25.9 Å². The Hall–Kier alpha value is -5.84. The summed E-state index contributed by atoms with van der Waals surface area (Å²) < 4.78 is 15.6. The summed E-state index contributed by atoms with van der Waals surface area (Å²) in [5, 5.41) is 2.63. The molecule has 0 aliphatic carbocycles. The van der Waals surface area contributed by atoms with Gasteiger partial charge >= 0.3 is 6.09 Å². The van der Waals surface area contributed by atoms with Crippen molar-refractivity contribution >= 4 is 46.4 Å². The molecule has 16 nitrogen and oxygen atoms in total. The topological polar surface area (TPSA) is 186 Å². The van der Waals surface area contributed by atoms with Gasteiger partial charge in [-0.15, -0.1) is 0 Å². The van der Waals surface area contributed by atoms with Crippen molar-refractivity contribution in [2.24, 2.45) is 4.99 Å². The molecule has 5 aromatic rings. The van der Waals surface area contributed by atoms with Crippen LogP contribution in [-0.2, 0) is 33.6 Å². The van der Waals surface area contributed by atoms with E-state index in [9.17, 15) is 14.4 Å². The number of H-pyrrole nitrogens is 2. The maximum absolute atomic E-state index is 13.7. The summed E-state index contributed by atoms with van der Waals surface area (Å²) in [7, 11) is 5.68. The van der Waals surface area contributed by atoms with Crippen LogP contribution in [0.5, 0.6) is 0 Å². The number of hydrogen-bond donors (Lipinski definition) is 3. The van der Waals surface area contributed by atoms with Crippen LogP contribution < -0.4 is 5.32 Å². The maximum Gasteiger partial charge on any atom is 0.407 e. The first-order chi connectivity index (χ1) is 28.1. The van der Waals surface area contributed by atoms with Gasteiger partial charge in [0.05, 0.1) is 60.6 Å². The van der Waals surface area contributed by atoms with Gasteiger partial charge in [0.15, 0.2) is 6.04 Å². The minimum absolute atomic E-state index is 0.161. The van der Waals surface area contributed by atoms with Crippen LogP contribution in [0.2, 0.25) is 0 Å². The molecule has 0 unspecified atom stereocenters. The quantitative estimate of drug-likeness (QED) is 0.0532. The van der Waals surface area contributed by atoms with E-state index in [2.05, 4.69) is 67.6 Å². The van der Waals surface area contributed by atoms with Gasteiger partial charge in [0.25, 0.3) is 5.91 Å². The van der Waals surface area contributed by atoms with Gasteiger partial charge in [-0.05, 0) is 86.1 Å². The van der Waals surface area contributed by atoms with E-state index >= 15 is 0 Å². The van der Waals surface area contributed by atoms with E-state index in [0.717, 1.165) is 82.2 Å². The second-order valence-electron chi connectivity index (χ2n) is 14.6. The van der Waals surface area contributed by atoms with Crippen LogP contribution in [0.15, 0.2) is 65.7 Å². The first-order valence-corrected chi connectivity index (χ1v) is 19.5.